The molecule has 0 aliphatic heterocycles. The molecule has 0 N–H and O–H groups in total. The molecule has 242 valence electrons. The van der Waals surface area contributed by atoms with E-state index in [0.717, 1.165) is 44.7 Å². The zero-order valence-electron chi connectivity index (χ0n) is 27.8. The molecule has 0 radical (unpaired) electrons. The number of fused-ring (bicyclic) bond motifs is 3. The van der Waals surface area contributed by atoms with Gasteiger partial charge in [-0.2, -0.15) is 0 Å². The van der Waals surface area contributed by atoms with Gasteiger partial charge in [0.05, 0.1) is 7.11 Å². The van der Waals surface area contributed by atoms with Gasteiger partial charge in [0.25, 0.3) is 0 Å². The summed E-state index contributed by atoms with van der Waals surface area (Å²) in [6.45, 7) is 0. The quantitative estimate of drug-likeness (QED) is 0.169. The van der Waals surface area contributed by atoms with Crippen molar-refractivity contribution in [3.05, 3.63) is 170 Å². The number of hydrogen-bond acceptors (Lipinski definition) is 5. The number of hydrogen-bond donors (Lipinski definition) is 0. The fourth-order valence-electron chi connectivity index (χ4n) is 6.76. The highest BCUT2D eigenvalue weighted by atomic mass is 32.1. The minimum absolute atomic E-state index is 0.603. The van der Waals surface area contributed by atoms with E-state index in [1.54, 1.807) is 7.11 Å². The molecule has 4 nitrogen and oxygen atoms in total. The van der Waals surface area contributed by atoms with Crippen LogP contribution in [-0.4, -0.2) is 22.1 Å². The molecular formula is C46H31N3OS. The van der Waals surface area contributed by atoms with Crippen molar-refractivity contribution < 1.29 is 4.74 Å². The van der Waals surface area contributed by atoms with E-state index in [-0.39, 0.29) is 0 Å². The molecule has 0 atom stereocenters. The smallest absolute Gasteiger partial charge is 0.164 e. The van der Waals surface area contributed by atoms with Crippen LogP contribution in [0.15, 0.2) is 170 Å². The molecule has 2 aromatic heterocycles. The summed E-state index contributed by atoms with van der Waals surface area (Å²) in [7, 11) is 1.74. The Hall–Kier alpha value is -6.43. The highest BCUT2D eigenvalue weighted by Gasteiger charge is 2.19. The normalized spacial score (nSPS) is 11.2. The van der Waals surface area contributed by atoms with Gasteiger partial charge < -0.3 is 4.74 Å². The number of nitrogens with zero attached hydrogens (tertiary/aromatic N) is 3. The molecule has 0 saturated heterocycles. The van der Waals surface area contributed by atoms with Crippen molar-refractivity contribution in [2.45, 2.75) is 0 Å². The van der Waals surface area contributed by atoms with Gasteiger partial charge in [-0.15, -0.1) is 11.3 Å². The minimum Gasteiger partial charge on any atom is -0.496 e. The first-order chi connectivity index (χ1) is 25.2. The van der Waals surface area contributed by atoms with Gasteiger partial charge in [0.2, 0.25) is 0 Å². The van der Waals surface area contributed by atoms with E-state index in [1.807, 2.05) is 84.1 Å². The van der Waals surface area contributed by atoms with Crippen LogP contribution in [0.25, 0.3) is 87.7 Å². The van der Waals surface area contributed by atoms with Gasteiger partial charge >= 0.3 is 0 Å². The average molecular weight is 674 g/mol. The Morgan fingerprint density at radius 1 is 0.392 bits per heavy atom. The van der Waals surface area contributed by atoms with Gasteiger partial charge in [-0.05, 0) is 46.5 Å². The Morgan fingerprint density at radius 3 is 1.63 bits per heavy atom. The van der Waals surface area contributed by atoms with Crippen LogP contribution in [0.1, 0.15) is 0 Å². The molecule has 2 heterocycles. The van der Waals surface area contributed by atoms with Gasteiger partial charge in [-0.1, -0.05) is 146 Å². The lowest BCUT2D eigenvalue weighted by Crippen LogP contribution is -2.01. The van der Waals surface area contributed by atoms with E-state index < -0.39 is 0 Å². The third-order valence-corrected chi connectivity index (χ3v) is 10.5. The van der Waals surface area contributed by atoms with Crippen molar-refractivity contribution in [3.8, 4) is 73.3 Å². The maximum Gasteiger partial charge on any atom is 0.164 e. The lowest BCUT2D eigenvalue weighted by molar-refractivity contribution is 0.416. The van der Waals surface area contributed by atoms with Crippen molar-refractivity contribution in [2.24, 2.45) is 0 Å². The van der Waals surface area contributed by atoms with E-state index in [1.165, 1.54) is 31.3 Å². The SMILES string of the molecule is COc1cc(-c2cc(-c3ccccc3)c3sc4ccccc4c3c2)ccc1-c1ccccc1-c1nc(-c2ccccc2)nc(-c2ccccc2)n1. The Labute approximate surface area is 300 Å². The second-order valence-electron chi connectivity index (χ2n) is 12.4. The predicted molar refractivity (Wildman–Crippen MR) is 212 cm³/mol. The van der Waals surface area contributed by atoms with Gasteiger partial charge in [0, 0.05) is 48.0 Å². The first-order valence-corrected chi connectivity index (χ1v) is 17.7. The largest absolute Gasteiger partial charge is 0.496 e. The van der Waals surface area contributed by atoms with E-state index >= 15 is 0 Å². The van der Waals surface area contributed by atoms with Crippen LogP contribution in [0.4, 0.5) is 0 Å². The second kappa shape index (κ2) is 13.1. The molecular weight excluding hydrogens is 643 g/mol. The number of thiophene rings is 1. The first-order valence-electron chi connectivity index (χ1n) is 16.9. The molecule has 0 aliphatic rings. The summed E-state index contributed by atoms with van der Waals surface area (Å²) >= 11 is 1.85. The highest BCUT2D eigenvalue weighted by Crippen LogP contribution is 2.44. The molecule has 7 aromatic carbocycles. The molecule has 0 amide bonds. The molecule has 5 heteroatoms. The first kappa shape index (κ1) is 30.6. The topological polar surface area (TPSA) is 47.9 Å². The van der Waals surface area contributed by atoms with Gasteiger partial charge in [-0.3, -0.25) is 0 Å². The monoisotopic (exact) mass is 673 g/mol. The number of rotatable bonds is 7. The number of aromatic nitrogens is 3. The fraction of sp³-hybridized carbons (Fsp3) is 0.0217. The Kier molecular flexibility index (Phi) is 7.88. The van der Waals surface area contributed by atoms with Gasteiger partial charge in [0.1, 0.15) is 5.75 Å². The van der Waals surface area contributed by atoms with E-state index in [2.05, 4.69) is 97.1 Å². The molecule has 0 fully saturated rings. The maximum absolute atomic E-state index is 6.15. The minimum atomic E-state index is 0.603. The Morgan fingerprint density at radius 2 is 0.961 bits per heavy atom. The lowest BCUT2D eigenvalue weighted by atomic mass is 9.93. The van der Waals surface area contributed by atoms with Gasteiger partial charge in [0.15, 0.2) is 17.5 Å². The van der Waals surface area contributed by atoms with Crippen LogP contribution in [0, 0.1) is 0 Å². The molecule has 9 aromatic rings. The van der Waals surface area contributed by atoms with E-state index in [4.69, 9.17) is 19.7 Å². The van der Waals surface area contributed by atoms with Crippen LogP contribution < -0.4 is 4.74 Å². The molecule has 9 rings (SSSR count). The fourth-order valence-corrected chi connectivity index (χ4v) is 7.98. The Balaban J connectivity index is 1.19. The summed E-state index contributed by atoms with van der Waals surface area (Å²) in [6, 6.07) is 58.8. The van der Waals surface area contributed by atoms with Crippen molar-refractivity contribution in [1.29, 1.82) is 0 Å². The molecule has 0 spiro atoms. The lowest BCUT2D eigenvalue weighted by Gasteiger charge is -2.16. The standard InChI is InChI=1S/C46H31N3OS/c1-50-41-29-33(34-27-39(30-15-5-2-6-16-30)43-40(28-34)37-22-13-14-24-42(37)51-43)25-26-36(41)35-21-11-12-23-38(35)46-48-44(31-17-7-3-8-18-31)47-45(49-46)32-19-9-4-10-20-32/h2-29H,1H3. The van der Waals surface area contributed by atoms with Crippen molar-refractivity contribution >= 4 is 31.5 Å². The highest BCUT2D eigenvalue weighted by molar-refractivity contribution is 7.26. The second-order valence-corrected chi connectivity index (χ2v) is 13.4. The average Bonchev–Trinajstić information content (AvgIpc) is 3.60. The van der Waals surface area contributed by atoms with E-state index in [9.17, 15) is 0 Å². The summed E-state index contributed by atoms with van der Waals surface area (Å²) in [5, 5.41) is 2.54. The van der Waals surface area contributed by atoms with Crippen LogP contribution in [0.5, 0.6) is 5.75 Å². The van der Waals surface area contributed by atoms with E-state index in [0.29, 0.717) is 17.5 Å². The van der Waals surface area contributed by atoms with Crippen LogP contribution in [0.2, 0.25) is 0 Å². The van der Waals surface area contributed by atoms with Crippen molar-refractivity contribution in [1.82, 2.24) is 15.0 Å². The molecule has 0 bridgehead atoms. The third kappa shape index (κ3) is 5.74. The molecule has 0 saturated carbocycles. The number of benzene rings is 7. The third-order valence-electron chi connectivity index (χ3n) is 9.26. The van der Waals surface area contributed by atoms with Crippen molar-refractivity contribution in [3.63, 3.8) is 0 Å². The summed E-state index contributed by atoms with van der Waals surface area (Å²) in [5.41, 5.74) is 9.37. The van der Waals surface area contributed by atoms with Crippen LogP contribution >= 0.6 is 11.3 Å². The summed E-state index contributed by atoms with van der Waals surface area (Å²) < 4.78 is 8.73. The zero-order chi connectivity index (χ0) is 34.1. The zero-order valence-corrected chi connectivity index (χ0v) is 28.6. The Bertz CT molecular complexity index is 2610. The molecule has 0 aliphatic carbocycles. The summed E-state index contributed by atoms with van der Waals surface area (Å²) in [4.78, 5) is 15.0. The van der Waals surface area contributed by atoms with Crippen molar-refractivity contribution in [2.75, 3.05) is 7.11 Å². The summed E-state index contributed by atoms with van der Waals surface area (Å²) in [5.74, 6) is 2.63. The number of methoxy groups -OCH3 is 1. The molecule has 51 heavy (non-hydrogen) atoms. The van der Waals surface area contributed by atoms with Crippen LogP contribution in [-0.2, 0) is 0 Å². The van der Waals surface area contributed by atoms with Crippen LogP contribution in [0.3, 0.4) is 0 Å². The predicted octanol–water partition coefficient (Wildman–Crippen LogP) is 12.3. The van der Waals surface area contributed by atoms with Gasteiger partial charge in [-0.25, -0.2) is 15.0 Å². The molecule has 0 unspecified atom stereocenters. The summed E-state index contributed by atoms with van der Waals surface area (Å²) in [6.07, 6.45) is 0. The maximum atomic E-state index is 6.15. The number of ether oxygens (including phenoxy) is 1.